The van der Waals surface area contributed by atoms with Crippen LogP contribution in [0.15, 0.2) is 42.5 Å². The summed E-state index contributed by atoms with van der Waals surface area (Å²) < 4.78 is 5.80. The van der Waals surface area contributed by atoms with Gasteiger partial charge in [-0.2, -0.15) is 0 Å². The van der Waals surface area contributed by atoms with Gasteiger partial charge in [0.15, 0.2) is 0 Å². The van der Waals surface area contributed by atoms with E-state index in [0.717, 1.165) is 16.9 Å². The van der Waals surface area contributed by atoms with Gasteiger partial charge in [0, 0.05) is 38.2 Å². The van der Waals surface area contributed by atoms with Crippen LogP contribution < -0.4 is 4.74 Å². The second-order valence-electron chi connectivity index (χ2n) is 9.70. The normalized spacial score (nSPS) is 14.4. The Balaban J connectivity index is 1.39. The van der Waals surface area contributed by atoms with E-state index in [1.54, 1.807) is 0 Å². The predicted octanol–water partition coefficient (Wildman–Crippen LogP) is 4.74. The minimum Gasteiger partial charge on any atom is -0.494 e. The summed E-state index contributed by atoms with van der Waals surface area (Å²) in [5.41, 5.74) is 4.43. The van der Waals surface area contributed by atoms with Gasteiger partial charge in [0.25, 0.3) is 5.91 Å². The molecule has 2 amide bonds. The Hall–Kier alpha value is -2.82. The number of rotatable bonds is 6. The number of carbonyl (C=O) groups is 2. The summed E-state index contributed by atoms with van der Waals surface area (Å²) in [4.78, 5) is 29.0. The van der Waals surface area contributed by atoms with Gasteiger partial charge in [-0.25, -0.2) is 0 Å². The third-order valence-electron chi connectivity index (χ3n) is 6.20. The van der Waals surface area contributed by atoms with Crippen molar-refractivity contribution in [1.29, 1.82) is 0 Å². The zero-order chi connectivity index (χ0) is 23.3. The molecule has 5 heteroatoms. The van der Waals surface area contributed by atoms with Crippen LogP contribution in [0.3, 0.4) is 0 Å². The number of nitrogens with zero attached hydrogens (tertiary/aromatic N) is 2. The van der Waals surface area contributed by atoms with E-state index in [1.165, 1.54) is 11.1 Å². The van der Waals surface area contributed by atoms with Gasteiger partial charge in [-0.3, -0.25) is 9.59 Å². The molecule has 0 aromatic heterocycles. The average Bonchev–Trinajstić information content (AvgIpc) is 2.78. The van der Waals surface area contributed by atoms with Crippen LogP contribution in [0.4, 0.5) is 0 Å². The van der Waals surface area contributed by atoms with E-state index in [1.807, 2.05) is 54.0 Å². The molecular formula is C27H36N2O3. The topological polar surface area (TPSA) is 49.9 Å². The fraction of sp³-hybridized carbons (Fsp3) is 0.481. The molecule has 0 spiro atoms. The van der Waals surface area contributed by atoms with Crippen LogP contribution in [0.1, 0.15) is 60.7 Å². The van der Waals surface area contributed by atoms with E-state index in [0.29, 0.717) is 45.6 Å². The molecule has 1 saturated heterocycles. The summed E-state index contributed by atoms with van der Waals surface area (Å²) in [5, 5.41) is 0. The van der Waals surface area contributed by atoms with E-state index in [9.17, 15) is 9.59 Å². The van der Waals surface area contributed by atoms with Crippen molar-refractivity contribution in [2.75, 3.05) is 32.8 Å². The average molecular weight is 437 g/mol. The zero-order valence-electron chi connectivity index (χ0n) is 20.1. The van der Waals surface area contributed by atoms with Gasteiger partial charge in [0.1, 0.15) is 5.75 Å². The molecule has 1 heterocycles. The Bertz CT molecular complexity index is 936. The molecule has 0 radical (unpaired) electrons. The second-order valence-corrected chi connectivity index (χ2v) is 9.70. The monoisotopic (exact) mass is 436 g/mol. The molecule has 1 aliphatic rings. The van der Waals surface area contributed by atoms with Crippen LogP contribution in [-0.2, 0) is 10.2 Å². The summed E-state index contributed by atoms with van der Waals surface area (Å²) in [6, 6.07) is 14.0. The van der Waals surface area contributed by atoms with E-state index < -0.39 is 0 Å². The minimum atomic E-state index is 0.0473. The third kappa shape index (κ3) is 6.12. The minimum absolute atomic E-state index is 0.0473. The van der Waals surface area contributed by atoms with Crippen molar-refractivity contribution < 1.29 is 14.3 Å². The van der Waals surface area contributed by atoms with Gasteiger partial charge >= 0.3 is 0 Å². The summed E-state index contributed by atoms with van der Waals surface area (Å²) >= 11 is 0. The highest BCUT2D eigenvalue weighted by Gasteiger charge is 2.24. The predicted molar refractivity (Wildman–Crippen MR) is 128 cm³/mol. The van der Waals surface area contributed by atoms with E-state index >= 15 is 0 Å². The van der Waals surface area contributed by atoms with Gasteiger partial charge < -0.3 is 14.5 Å². The van der Waals surface area contributed by atoms with Crippen LogP contribution >= 0.6 is 0 Å². The standard InChI is InChI=1S/C27H36N2O3/c1-20-8-9-22(19-21(20)2)26(31)29-16-14-28(15-17-29)25(30)7-6-18-32-24-12-10-23(11-13-24)27(3,4)5/h8-13,19H,6-7,14-18H2,1-5H3. The van der Waals surface area contributed by atoms with Crippen molar-refractivity contribution in [2.45, 2.75) is 52.9 Å². The third-order valence-corrected chi connectivity index (χ3v) is 6.20. The molecule has 1 fully saturated rings. The van der Waals surface area contributed by atoms with Gasteiger partial charge in [-0.15, -0.1) is 0 Å². The van der Waals surface area contributed by atoms with Crippen LogP contribution in [0, 0.1) is 13.8 Å². The fourth-order valence-electron chi connectivity index (χ4n) is 3.84. The molecule has 2 aromatic carbocycles. The first-order valence-electron chi connectivity index (χ1n) is 11.5. The lowest BCUT2D eigenvalue weighted by molar-refractivity contribution is -0.132. The highest BCUT2D eigenvalue weighted by molar-refractivity contribution is 5.94. The summed E-state index contributed by atoms with van der Waals surface area (Å²) in [7, 11) is 0. The van der Waals surface area contributed by atoms with E-state index in [4.69, 9.17) is 4.74 Å². The number of aryl methyl sites for hydroxylation is 2. The molecule has 0 unspecified atom stereocenters. The molecule has 3 rings (SSSR count). The Morgan fingerprint density at radius 2 is 1.50 bits per heavy atom. The first-order valence-corrected chi connectivity index (χ1v) is 11.5. The highest BCUT2D eigenvalue weighted by atomic mass is 16.5. The molecule has 0 N–H and O–H groups in total. The van der Waals surface area contributed by atoms with Crippen LogP contribution in [0.5, 0.6) is 5.75 Å². The summed E-state index contributed by atoms with van der Waals surface area (Å²) in [6.07, 6.45) is 1.15. The Kier molecular flexibility index (Phi) is 7.60. The highest BCUT2D eigenvalue weighted by Crippen LogP contribution is 2.24. The number of benzene rings is 2. The Morgan fingerprint density at radius 3 is 2.09 bits per heavy atom. The molecule has 0 aliphatic carbocycles. The first kappa shape index (κ1) is 23.8. The lowest BCUT2D eigenvalue weighted by Crippen LogP contribution is -2.50. The fourth-order valence-corrected chi connectivity index (χ4v) is 3.84. The maximum Gasteiger partial charge on any atom is 0.253 e. The molecule has 172 valence electrons. The molecule has 5 nitrogen and oxygen atoms in total. The summed E-state index contributed by atoms with van der Waals surface area (Å²) in [6.45, 7) is 13.5. The van der Waals surface area contributed by atoms with Crippen molar-refractivity contribution in [3.63, 3.8) is 0 Å². The lowest BCUT2D eigenvalue weighted by atomic mass is 9.87. The maximum atomic E-state index is 12.8. The SMILES string of the molecule is Cc1ccc(C(=O)N2CCN(C(=O)CCCOc3ccc(C(C)(C)C)cc3)CC2)cc1C. The van der Waals surface area contributed by atoms with Crippen molar-refractivity contribution >= 4 is 11.8 Å². The smallest absolute Gasteiger partial charge is 0.253 e. The van der Waals surface area contributed by atoms with E-state index in [2.05, 4.69) is 32.9 Å². The number of hydrogen-bond acceptors (Lipinski definition) is 3. The number of piperazine rings is 1. The van der Waals surface area contributed by atoms with Crippen molar-refractivity contribution in [1.82, 2.24) is 9.80 Å². The summed E-state index contributed by atoms with van der Waals surface area (Å²) in [5.74, 6) is 1.02. The largest absolute Gasteiger partial charge is 0.494 e. The second kappa shape index (κ2) is 10.2. The first-order chi connectivity index (χ1) is 15.1. The van der Waals surface area contributed by atoms with Crippen LogP contribution in [0.25, 0.3) is 0 Å². The lowest BCUT2D eigenvalue weighted by Gasteiger charge is -2.35. The number of hydrogen-bond donors (Lipinski definition) is 0. The molecule has 32 heavy (non-hydrogen) atoms. The van der Waals surface area contributed by atoms with Crippen molar-refractivity contribution in [3.8, 4) is 5.75 Å². The van der Waals surface area contributed by atoms with Crippen molar-refractivity contribution in [3.05, 3.63) is 64.7 Å². The maximum absolute atomic E-state index is 12.8. The van der Waals surface area contributed by atoms with Gasteiger partial charge in [-0.1, -0.05) is 39.0 Å². The molecular weight excluding hydrogens is 400 g/mol. The van der Waals surface area contributed by atoms with Crippen molar-refractivity contribution in [2.24, 2.45) is 0 Å². The van der Waals surface area contributed by atoms with E-state index in [-0.39, 0.29) is 17.2 Å². The van der Waals surface area contributed by atoms with Gasteiger partial charge in [-0.05, 0) is 66.6 Å². The molecule has 2 aromatic rings. The quantitative estimate of drug-likeness (QED) is 0.615. The number of amides is 2. The van der Waals surface area contributed by atoms with Gasteiger partial charge in [0.05, 0.1) is 6.61 Å². The number of carbonyl (C=O) groups excluding carboxylic acids is 2. The molecule has 0 atom stereocenters. The van der Waals surface area contributed by atoms with Crippen LogP contribution in [0.2, 0.25) is 0 Å². The van der Waals surface area contributed by atoms with Gasteiger partial charge in [0.2, 0.25) is 5.91 Å². The molecule has 0 saturated carbocycles. The zero-order valence-corrected chi connectivity index (χ0v) is 20.1. The van der Waals surface area contributed by atoms with Crippen LogP contribution in [-0.4, -0.2) is 54.4 Å². The Morgan fingerprint density at radius 1 is 0.875 bits per heavy atom. The molecule has 1 aliphatic heterocycles. The Labute approximate surface area is 192 Å². The molecule has 0 bridgehead atoms. The number of ether oxygens (including phenoxy) is 1.